The topological polar surface area (TPSA) is 70.8 Å². The summed E-state index contributed by atoms with van der Waals surface area (Å²) in [6, 6.07) is 12.0. The van der Waals surface area contributed by atoms with Crippen LogP contribution in [0.4, 0.5) is 5.69 Å². The molecule has 1 fully saturated rings. The SMILES string of the molecule is Cc1cc([N+](=O)[O-])ccc1Oc1ccccc1B1OC(C)(C)C(C)(C)O1. The van der Waals surface area contributed by atoms with Gasteiger partial charge in [0.05, 0.1) is 16.1 Å². The molecule has 0 saturated carbocycles. The van der Waals surface area contributed by atoms with Gasteiger partial charge in [0.25, 0.3) is 5.69 Å². The molecule has 0 bridgehead atoms. The molecule has 3 rings (SSSR count). The monoisotopic (exact) mass is 355 g/mol. The van der Waals surface area contributed by atoms with Crippen molar-refractivity contribution in [2.75, 3.05) is 0 Å². The maximum Gasteiger partial charge on any atom is 0.498 e. The number of nitro benzene ring substituents is 1. The number of rotatable bonds is 4. The average Bonchev–Trinajstić information content (AvgIpc) is 2.77. The maximum absolute atomic E-state index is 10.9. The summed E-state index contributed by atoms with van der Waals surface area (Å²) in [5.74, 6) is 1.16. The van der Waals surface area contributed by atoms with Crippen molar-refractivity contribution in [3.63, 3.8) is 0 Å². The summed E-state index contributed by atoms with van der Waals surface area (Å²) >= 11 is 0. The third-order valence-electron chi connectivity index (χ3n) is 5.02. The third kappa shape index (κ3) is 3.32. The van der Waals surface area contributed by atoms with E-state index < -0.39 is 23.2 Å². The molecule has 0 amide bonds. The van der Waals surface area contributed by atoms with Crippen LogP contribution >= 0.6 is 0 Å². The van der Waals surface area contributed by atoms with Gasteiger partial charge in [0.15, 0.2) is 0 Å². The van der Waals surface area contributed by atoms with E-state index in [1.165, 1.54) is 12.1 Å². The Bertz CT molecular complexity index is 834. The first kappa shape index (κ1) is 18.4. The van der Waals surface area contributed by atoms with E-state index in [0.717, 1.165) is 5.46 Å². The van der Waals surface area contributed by atoms with Crippen LogP contribution in [0.2, 0.25) is 0 Å². The number of hydrogen-bond acceptors (Lipinski definition) is 5. The van der Waals surface area contributed by atoms with E-state index in [4.69, 9.17) is 14.0 Å². The zero-order chi connectivity index (χ0) is 19.1. The number of aryl methyl sites for hydroxylation is 1. The molecule has 1 aliphatic heterocycles. The van der Waals surface area contributed by atoms with Gasteiger partial charge in [-0.1, -0.05) is 18.2 Å². The fourth-order valence-electron chi connectivity index (χ4n) is 2.72. The normalized spacial score (nSPS) is 18.0. The van der Waals surface area contributed by atoms with Crippen LogP contribution in [0.3, 0.4) is 0 Å². The molecule has 2 aromatic rings. The van der Waals surface area contributed by atoms with Gasteiger partial charge < -0.3 is 14.0 Å². The Balaban J connectivity index is 1.91. The first-order chi connectivity index (χ1) is 12.1. The number of nitro groups is 1. The summed E-state index contributed by atoms with van der Waals surface area (Å²) in [4.78, 5) is 10.5. The lowest BCUT2D eigenvalue weighted by molar-refractivity contribution is -0.384. The van der Waals surface area contributed by atoms with Gasteiger partial charge >= 0.3 is 7.12 Å². The zero-order valence-corrected chi connectivity index (χ0v) is 15.6. The second kappa shape index (κ2) is 6.41. The van der Waals surface area contributed by atoms with E-state index in [2.05, 4.69) is 0 Å². The molecule has 2 aromatic carbocycles. The summed E-state index contributed by atoms with van der Waals surface area (Å²) in [7, 11) is -0.547. The van der Waals surface area contributed by atoms with Gasteiger partial charge in [-0.05, 0) is 52.3 Å². The van der Waals surface area contributed by atoms with Crippen LogP contribution in [0, 0.1) is 17.0 Å². The number of non-ortho nitro benzene ring substituents is 1. The molecule has 6 nitrogen and oxygen atoms in total. The summed E-state index contributed by atoms with van der Waals surface area (Å²) in [5, 5.41) is 10.9. The van der Waals surface area contributed by atoms with Gasteiger partial charge in [-0.3, -0.25) is 10.1 Å². The van der Waals surface area contributed by atoms with Crippen molar-refractivity contribution >= 4 is 18.3 Å². The van der Waals surface area contributed by atoms with E-state index in [9.17, 15) is 10.1 Å². The minimum Gasteiger partial charge on any atom is -0.457 e. The molecule has 136 valence electrons. The standard InChI is InChI=1S/C19H22BNO5/c1-13-12-14(21(22)23)10-11-16(13)24-17-9-7-6-8-15(17)20-25-18(2,3)19(4,5)26-20/h6-12H,1-5H3. The lowest BCUT2D eigenvalue weighted by Gasteiger charge is -2.32. The van der Waals surface area contributed by atoms with Crippen LogP contribution in [-0.2, 0) is 9.31 Å². The van der Waals surface area contributed by atoms with Gasteiger partial charge in [-0.15, -0.1) is 0 Å². The van der Waals surface area contributed by atoms with Crippen LogP contribution in [-0.4, -0.2) is 23.2 Å². The van der Waals surface area contributed by atoms with Crippen molar-refractivity contribution < 1.29 is 19.0 Å². The highest BCUT2D eigenvalue weighted by Gasteiger charge is 2.52. The highest BCUT2D eigenvalue weighted by atomic mass is 16.7. The summed E-state index contributed by atoms with van der Waals surface area (Å²) < 4.78 is 18.3. The number of ether oxygens (including phenoxy) is 1. The van der Waals surface area contributed by atoms with Crippen molar-refractivity contribution in [1.82, 2.24) is 0 Å². The predicted molar refractivity (Wildman–Crippen MR) is 100 cm³/mol. The Morgan fingerprint density at radius 2 is 1.62 bits per heavy atom. The summed E-state index contributed by atoms with van der Waals surface area (Å²) in [6.45, 7) is 9.77. The predicted octanol–water partition coefficient (Wildman–Crippen LogP) is 3.99. The van der Waals surface area contributed by atoms with E-state index in [1.807, 2.05) is 52.0 Å². The van der Waals surface area contributed by atoms with Crippen molar-refractivity contribution in [3.05, 3.63) is 58.1 Å². The molecule has 0 unspecified atom stereocenters. The lowest BCUT2D eigenvalue weighted by Crippen LogP contribution is -2.41. The Labute approximate surface area is 153 Å². The van der Waals surface area contributed by atoms with Crippen molar-refractivity contribution in [2.45, 2.75) is 45.8 Å². The molecule has 0 radical (unpaired) electrons. The number of benzene rings is 2. The smallest absolute Gasteiger partial charge is 0.457 e. The van der Waals surface area contributed by atoms with E-state index >= 15 is 0 Å². The van der Waals surface area contributed by atoms with Crippen LogP contribution in [0.1, 0.15) is 33.3 Å². The first-order valence-electron chi connectivity index (χ1n) is 8.48. The Morgan fingerprint density at radius 3 is 2.19 bits per heavy atom. The van der Waals surface area contributed by atoms with Gasteiger partial charge in [-0.2, -0.15) is 0 Å². The highest BCUT2D eigenvalue weighted by Crippen LogP contribution is 2.37. The fraction of sp³-hybridized carbons (Fsp3) is 0.368. The molecule has 0 spiro atoms. The minimum absolute atomic E-state index is 0.0362. The maximum atomic E-state index is 10.9. The second-order valence-electron chi connectivity index (χ2n) is 7.44. The number of para-hydroxylation sites is 1. The molecule has 0 aliphatic carbocycles. The van der Waals surface area contributed by atoms with Gasteiger partial charge in [0.1, 0.15) is 11.5 Å². The van der Waals surface area contributed by atoms with Crippen LogP contribution in [0.25, 0.3) is 0 Å². The third-order valence-corrected chi connectivity index (χ3v) is 5.02. The van der Waals surface area contributed by atoms with Gasteiger partial charge in [0.2, 0.25) is 0 Å². The fourth-order valence-corrected chi connectivity index (χ4v) is 2.72. The van der Waals surface area contributed by atoms with Crippen LogP contribution in [0.15, 0.2) is 42.5 Å². The van der Waals surface area contributed by atoms with Crippen LogP contribution in [0.5, 0.6) is 11.5 Å². The first-order valence-corrected chi connectivity index (χ1v) is 8.48. The molecule has 0 atom stereocenters. The van der Waals surface area contributed by atoms with E-state index in [-0.39, 0.29) is 5.69 Å². The van der Waals surface area contributed by atoms with E-state index in [0.29, 0.717) is 17.1 Å². The van der Waals surface area contributed by atoms with Gasteiger partial charge in [-0.25, -0.2) is 0 Å². The second-order valence-corrected chi connectivity index (χ2v) is 7.44. The Kier molecular flexibility index (Phi) is 4.54. The lowest BCUT2D eigenvalue weighted by atomic mass is 9.78. The molecule has 1 heterocycles. The average molecular weight is 355 g/mol. The highest BCUT2D eigenvalue weighted by molar-refractivity contribution is 6.63. The molecule has 0 N–H and O–H groups in total. The molecule has 1 saturated heterocycles. The van der Waals surface area contributed by atoms with Crippen molar-refractivity contribution in [2.24, 2.45) is 0 Å². The molecule has 1 aliphatic rings. The van der Waals surface area contributed by atoms with Gasteiger partial charge in [0, 0.05) is 17.6 Å². The zero-order valence-electron chi connectivity index (χ0n) is 15.6. The van der Waals surface area contributed by atoms with Crippen molar-refractivity contribution in [1.29, 1.82) is 0 Å². The molecule has 7 heteroatoms. The van der Waals surface area contributed by atoms with Crippen LogP contribution < -0.4 is 10.2 Å². The summed E-state index contributed by atoms with van der Waals surface area (Å²) in [6.07, 6.45) is 0. The number of nitrogens with zero attached hydrogens (tertiary/aromatic N) is 1. The molecule has 0 aromatic heterocycles. The van der Waals surface area contributed by atoms with Crippen molar-refractivity contribution in [3.8, 4) is 11.5 Å². The largest absolute Gasteiger partial charge is 0.498 e. The molecular formula is C19H22BNO5. The molecular weight excluding hydrogens is 333 g/mol. The van der Waals surface area contributed by atoms with E-state index in [1.54, 1.807) is 13.0 Å². The number of hydrogen-bond donors (Lipinski definition) is 0. The quantitative estimate of drug-likeness (QED) is 0.471. The molecule has 26 heavy (non-hydrogen) atoms. The Morgan fingerprint density at radius 1 is 1.00 bits per heavy atom. The minimum atomic E-state index is -0.547. The Hall–Kier alpha value is -2.38. The summed E-state index contributed by atoms with van der Waals surface area (Å²) in [5.41, 5.74) is 0.600.